The van der Waals surface area contributed by atoms with E-state index in [1.807, 2.05) is 7.05 Å². The van der Waals surface area contributed by atoms with Crippen LogP contribution in [-0.4, -0.2) is 44.7 Å². The second-order valence-electron chi connectivity index (χ2n) is 5.73. The smallest absolute Gasteiger partial charge is 0.216 e. The molecule has 1 atom stereocenters. The van der Waals surface area contributed by atoms with E-state index in [1.165, 1.54) is 6.42 Å². The second kappa shape index (κ2) is 6.35. The van der Waals surface area contributed by atoms with Crippen molar-refractivity contribution in [1.82, 2.24) is 9.62 Å². The number of sulfonamides is 1. The van der Waals surface area contributed by atoms with Gasteiger partial charge in [0.15, 0.2) is 0 Å². The quantitative estimate of drug-likeness (QED) is 0.847. The highest BCUT2D eigenvalue weighted by Crippen LogP contribution is 2.28. The lowest BCUT2D eigenvalue weighted by atomic mass is 10.00. The van der Waals surface area contributed by atoms with Gasteiger partial charge < -0.3 is 5.32 Å². The van der Waals surface area contributed by atoms with E-state index in [0.29, 0.717) is 5.92 Å². The van der Waals surface area contributed by atoms with E-state index in [2.05, 4.69) is 5.32 Å². The Labute approximate surface area is 111 Å². The van der Waals surface area contributed by atoms with Crippen molar-refractivity contribution in [2.45, 2.75) is 50.2 Å². The van der Waals surface area contributed by atoms with E-state index in [9.17, 15) is 8.42 Å². The summed E-state index contributed by atoms with van der Waals surface area (Å²) >= 11 is 0. The number of nitrogens with zero attached hydrogens (tertiary/aromatic N) is 1. The summed E-state index contributed by atoms with van der Waals surface area (Å²) in [5.74, 6) is 0.488. The maximum absolute atomic E-state index is 12.6. The molecule has 0 aromatic rings. The SMILES string of the molecule is CNCC1CCCN(S(=O)(=O)C2CCCCC2)C1. The average molecular weight is 274 g/mol. The summed E-state index contributed by atoms with van der Waals surface area (Å²) in [5, 5.41) is 3.07. The first-order chi connectivity index (χ1) is 8.64. The van der Waals surface area contributed by atoms with Crippen molar-refractivity contribution in [2.24, 2.45) is 5.92 Å². The first-order valence-corrected chi connectivity index (χ1v) is 8.78. The lowest BCUT2D eigenvalue weighted by molar-refractivity contribution is 0.259. The normalized spacial score (nSPS) is 28.4. The van der Waals surface area contributed by atoms with E-state index in [4.69, 9.17) is 0 Å². The Balaban J connectivity index is 1.99. The molecule has 18 heavy (non-hydrogen) atoms. The van der Waals surface area contributed by atoms with Crippen LogP contribution in [0.1, 0.15) is 44.9 Å². The van der Waals surface area contributed by atoms with Gasteiger partial charge in [-0.1, -0.05) is 19.3 Å². The highest BCUT2D eigenvalue weighted by molar-refractivity contribution is 7.89. The van der Waals surface area contributed by atoms with Crippen LogP contribution in [-0.2, 0) is 10.0 Å². The van der Waals surface area contributed by atoms with Crippen LogP contribution in [0.5, 0.6) is 0 Å². The molecule has 1 aliphatic carbocycles. The van der Waals surface area contributed by atoms with Crippen LogP contribution in [0.25, 0.3) is 0 Å². The molecule has 2 fully saturated rings. The van der Waals surface area contributed by atoms with Crippen molar-refractivity contribution in [3.05, 3.63) is 0 Å². The highest BCUT2D eigenvalue weighted by Gasteiger charge is 2.35. The number of hydrogen-bond donors (Lipinski definition) is 1. The number of hydrogen-bond acceptors (Lipinski definition) is 3. The molecule has 2 rings (SSSR count). The summed E-state index contributed by atoms with van der Waals surface area (Å²) in [6.45, 7) is 2.38. The molecule has 1 aliphatic heterocycles. The van der Waals surface area contributed by atoms with Crippen LogP contribution in [0.3, 0.4) is 0 Å². The topological polar surface area (TPSA) is 49.4 Å². The monoisotopic (exact) mass is 274 g/mol. The molecular formula is C13H26N2O2S. The Bertz CT molecular complexity index is 348. The molecule has 0 aromatic carbocycles. The molecular weight excluding hydrogens is 248 g/mol. The van der Waals surface area contributed by atoms with E-state index in [0.717, 1.165) is 58.2 Å². The molecule has 5 heteroatoms. The zero-order chi connectivity index (χ0) is 13.0. The predicted molar refractivity (Wildman–Crippen MR) is 74.0 cm³/mol. The van der Waals surface area contributed by atoms with Crippen molar-refractivity contribution in [1.29, 1.82) is 0 Å². The van der Waals surface area contributed by atoms with Crippen LogP contribution < -0.4 is 5.32 Å². The van der Waals surface area contributed by atoms with Gasteiger partial charge in [-0.2, -0.15) is 0 Å². The third-order valence-corrected chi connectivity index (χ3v) is 6.67. The zero-order valence-corrected chi connectivity index (χ0v) is 12.2. The fourth-order valence-corrected chi connectivity index (χ4v) is 5.44. The standard InChI is InChI=1S/C13H26N2O2S/c1-14-10-12-6-5-9-15(11-12)18(16,17)13-7-3-2-4-8-13/h12-14H,2-11H2,1H3. The molecule has 1 saturated carbocycles. The summed E-state index contributed by atoms with van der Waals surface area (Å²) < 4.78 is 27.0. The summed E-state index contributed by atoms with van der Waals surface area (Å²) in [4.78, 5) is 0. The fraction of sp³-hybridized carbons (Fsp3) is 1.00. The predicted octanol–water partition coefficient (Wildman–Crippen LogP) is 1.58. The van der Waals surface area contributed by atoms with Gasteiger partial charge in [0, 0.05) is 13.1 Å². The van der Waals surface area contributed by atoms with Crippen LogP contribution >= 0.6 is 0 Å². The molecule has 0 bridgehead atoms. The minimum atomic E-state index is -3.03. The Morgan fingerprint density at radius 2 is 1.83 bits per heavy atom. The Morgan fingerprint density at radius 1 is 1.11 bits per heavy atom. The highest BCUT2D eigenvalue weighted by atomic mass is 32.2. The van der Waals surface area contributed by atoms with Gasteiger partial charge in [-0.15, -0.1) is 0 Å². The third-order valence-electron chi connectivity index (χ3n) is 4.31. The van der Waals surface area contributed by atoms with Crippen molar-refractivity contribution in [3.63, 3.8) is 0 Å². The lowest BCUT2D eigenvalue weighted by Gasteiger charge is -2.35. The van der Waals surface area contributed by atoms with Crippen LogP contribution in [0, 0.1) is 5.92 Å². The van der Waals surface area contributed by atoms with Crippen LogP contribution in [0.4, 0.5) is 0 Å². The summed E-state index contributed by atoms with van der Waals surface area (Å²) in [6.07, 6.45) is 7.27. The molecule has 1 heterocycles. The maximum Gasteiger partial charge on any atom is 0.216 e. The van der Waals surface area contributed by atoms with E-state index in [-0.39, 0.29) is 5.25 Å². The van der Waals surface area contributed by atoms with E-state index < -0.39 is 10.0 Å². The fourth-order valence-electron chi connectivity index (χ4n) is 3.29. The molecule has 1 N–H and O–H groups in total. The maximum atomic E-state index is 12.6. The second-order valence-corrected chi connectivity index (χ2v) is 7.94. The van der Waals surface area contributed by atoms with Gasteiger partial charge in [0.1, 0.15) is 0 Å². The van der Waals surface area contributed by atoms with Gasteiger partial charge in [-0.3, -0.25) is 0 Å². The number of rotatable bonds is 4. The van der Waals surface area contributed by atoms with Crippen molar-refractivity contribution < 1.29 is 8.42 Å². The van der Waals surface area contributed by atoms with Crippen molar-refractivity contribution >= 4 is 10.0 Å². The lowest BCUT2D eigenvalue weighted by Crippen LogP contribution is -2.46. The summed E-state index contributed by atoms with van der Waals surface area (Å²) in [7, 11) is -1.09. The minimum absolute atomic E-state index is 0.0976. The van der Waals surface area contributed by atoms with Gasteiger partial charge in [-0.05, 0) is 45.2 Å². The first-order valence-electron chi connectivity index (χ1n) is 7.28. The Morgan fingerprint density at radius 3 is 2.50 bits per heavy atom. The van der Waals surface area contributed by atoms with Crippen LogP contribution in [0.15, 0.2) is 0 Å². The minimum Gasteiger partial charge on any atom is -0.319 e. The molecule has 2 aliphatic rings. The van der Waals surface area contributed by atoms with Crippen LogP contribution in [0.2, 0.25) is 0 Å². The molecule has 1 unspecified atom stereocenters. The van der Waals surface area contributed by atoms with Gasteiger partial charge in [-0.25, -0.2) is 12.7 Å². The van der Waals surface area contributed by atoms with Crippen molar-refractivity contribution in [2.75, 3.05) is 26.7 Å². The number of nitrogens with one attached hydrogen (secondary N) is 1. The molecule has 0 aromatic heterocycles. The van der Waals surface area contributed by atoms with E-state index in [1.54, 1.807) is 4.31 Å². The first kappa shape index (κ1) is 14.3. The molecule has 0 radical (unpaired) electrons. The molecule has 106 valence electrons. The van der Waals surface area contributed by atoms with E-state index >= 15 is 0 Å². The largest absolute Gasteiger partial charge is 0.319 e. The summed E-state index contributed by atoms with van der Waals surface area (Å²) in [6, 6.07) is 0. The van der Waals surface area contributed by atoms with Gasteiger partial charge >= 0.3 is 0 Å². The zero-order valence-electron chi connectivity index (χ0n) is 11.4. The van der Waals surface area contributed by atoms with Crippen molar-refractivity contribution in [3.8, 4) is 0 Å². The van der Waals surface area contributed by atoms with Gasteiger partial charge in [0.2, 0.25) is 10.0 Å². The molecule has 0 amide bonds. The molecule has 4 nitrogen and oxygen atoms in total. The Kier molecular flexibility index (Phi) is 5.04. The third kappa shape index (κ3) is 3.25. The summed E-state index contributed by atoms with van der Waals surface area (Å²) in [5.41, 5.74) is 0. The number of piperidine rings is 1. The Hall–Kier alpha value is -0.130. The molecule has 1 saturated heterocycles. The molecule has 0 spiro atoms. The average Bonchev–Trinajstić information content (AvgIpc) is 2.40. The van der Waals surface area contributed by atoms with Gasteiger partial charge in [0.05, 0.1) is 5.25 Å². The van der Waals surface area contributed by atoms with Gasteiger partial charge in [0.25, 0.3) is 0 Å².